The first-order valence-corrected chi connectivity index (χ1v) is 24.9. The van der Waals surface area contributed by atoms with Gasteiger partial charge in [-0.25, -0.2) is 0 Å². The van der Waals surface area contributed by atoms with Gasteiger partial charge in [0.15, 0.2) is 0 Å². The first-order valence-electron chi connectivity index (χ1n) is 23.8. The standard InChI is InChI=1S/C16H20O4P2.C10H14.4C9H12O.2ClH.Ru/c1-17-9-5-13(20-4)16(15(22)6-9)10-7-14(21)12(19-3)8-11(10)18-2;1-8(2)10-6-4-9(3)5-7-10;4*1-7-5-4-6-8(2)9(7)10-3;;;/h5-8H,21-22H2,1-4H3;4-8H,1-3H3;4*4-6H,1-3H3;2*1H;/q;;;;;;;;+3/p-2. The van der Waals surface area contributed by atoms with Crippen molar-refractivity contribution in [1.29, 1.82) is 0 Å². The van der Waals surface area contributed by atoms with Gasteiger partial charge < -0.3 is 62.7 Å². The molecule has 7 rings (SSSR count). The summed E-state index contributed by atoms with van der Waals surface area (Å²) in [5, 5.41) is 1.91. The Kier molecular flexibility index (Phi) is 36.2. The van der Waals surface area contributed by atoms with Crippen LogP contribution in [0.15, 0.2) is 121 Å². The predicted octanol–water partition coefficient (Wildman–Crippen LogP) is 8.76. The van der Waals surface area contributed by atoms with Gasteiger partial charge in [-0.2, -0.15) is 0 Å². The summed E-state index contributed by atoms with van der Waals surface area (Å²) in [5.41, 5.74) is 14.2. The molecule has 7 aromatic carbocycles. The molecule has 0 aliphatic heterocycles. The van der Waals surface area contributed by atoms with Crippen molar-refractivity contribution in [2.75, 3.05) is 56.9 Å². The van der Waals surface area contributed by atoms with Crippen LogP contribution in [0.25, 0.3) is 11.1 Å². The minimum Gasteiger partial charge on any atom is -1.00 e. The van der Waals surface area contributed by atoms with E-state index >= 15 is 0 Å². The Morgan fingerprint density at radius 3 is 0.920 bits per heavy atom. The van der Waals surface area contributed by atoms with Crippen LogP contribution in [0.4, 0.5) is 0 Å². The van der Waals surface area contributed by atoms with Gasteiger partial charge in [0.05, 0.1) is 56.9 Å². The van der Waals surface area contributed by atoms with Gasteiger partial charge in [0, 0.05) is 28.6 Å². The summed E-state index contributed by atoms with van der Waals surface area (Å²) in [4.78, 5) is 0. The summed E-state index contributed by atoms with van der Waals surface area (Å²) in [6, 6.07) is 40.9. The number of methoxy groups -OCH3 is 8. The molecule has 0 spiro atoms. The molecule has 0 bridgehead atoms. The van der Waals surface area contributed by atoms with Gasteiger partial charge in [0.1, 0.15) is 46.0 Å². The van der Waals surface area contributed by atoms with Crippen molar-refractivity contribution in [2.45, 2.75) is 82.1 Å². The van der Waals surface area contributed by atoms with Gasteiger partial charge in [0.25, 0.3) is 0 Å². The van der Waals surface area contributed by atoms with Gasteiger partial charge in [-0.1, -0.05) is 116 Å². The summed E-state index contributed by atoms with van der Waals surface area (Å²) in [6.45, 7) is 22.9. The maximum absolute atomic E-state index is 5.53. The molecule has 0 saturated heterocycles. The number of aryl methyl sites for hydroxylation is 9. The van der Waals surface area contributed by atoms with E-state index < -0.39 is 0 Å². The number of ether oxygens (including phenoxy) is 8. The average molecular weight is 1190 g/mol. The fourth-order valence-corrected chi connectivity index (χ4v) is 8.56. The Balaban J connectivity index is 0. The Hall–Kier alpha value is -5.00. The van der Waals surface area contributed by atoms with Gasteiger partial charge in [-0.05, 0) is 136 Å². The van der Waals surface area contributed by atoms with Crippen LogP contribution in [-0.2, 0) is 19.5 Å². The second-order valence-electron chi connectivity index (χ2n) is 17.4. The summed E-state index contributed by atoms with van der Waals surface area (Å²) in [7, 11) is 18.7. The quantitative estimate of drug-likeness (QED) is 0.0996. The van der Waals surface area contributed by atoms with E-state index in [9.17, 15) is 0 Å². The van der Waals surface area contributed by atoms with Crippen LogP contribution in [0.1, 0.15) is 75.4 Å². The molecule has 2 atom stereocenters. The zero-order valence-electron chi connectivity index (χ0n) is 47.7. The Morgan fingerprint density at radius 1 is 0.347 bits per heavy atom. The third-order valence-electron chi connectivity index (χ3n) is 11.6. The minimum absolute atomic E-state index is 0. The van der Waals surface area contributed by atoms with Crippen molar-refractivity contribution >= 4 is 29.1 Å². The van der Waals surface area contributed by atoms with E-state index in [4.69, 9.17) is 37.9 Å². The molecule has 0 amide bonds. The van der Waals surface area contributed by atoms with Crippen LogP contribution in [0.2, 0.25) is 0 Å². The first-order chi connectivity index (χ1) is 34.3. The van der Waals surface area contributed by atoms with Gasteiger partial charge >= 0.3 is 19.5 Å². The number of para-hydroxylation sites is 4. The molecule has 0 aliphatic rings. The molecule has 409 valence electrons. The Labute approximate surface area is 481 Å². The Morgan fingerprint density at radius 2 is 0.667 bits per heavy atom. The molecule has 0 aromatic heterocycles. The Bertz CT molecular complexity index is 2460. The fourth-order valence-electron chi connectivity index (χ4n) is 7.73. The maximum atomic E-state index is 5.53. The molecule has 0 N–H and O–H groups in total. The third-order valence-corrected chi connectivity index (χ3v) is 12.5. The van der Waals surface area contributed by atoms with Crippen molar-refractivity contribution in [3.63, 3.8) is 0 Å². The van der Waals surface area contributed by atoms with Gasteiger partial charge in [-0.3, -0.25) is 0 Å². The van der Waals surface area contributed by atoms with Crippen molar-refractivity contribution < 1.29 is 82.2 Å². The van der Waals surface area contributed by atoms with Crippen LogP contribution in [-0.4, -0.2) is 56.9 Å². The molecule has 0 saturated carbocycles. The number of halogens is 2. The zero-order chi connectivity index (χ0) is 54.1. The van der Waals surface area contributed by atoms with E-state index in [1.807, 2.05) is 152 Å². The van der Waals surface area contributed by atoms with Crippen LogP contribution in [0, 0.1) is 62.3 Å². The monoisotopic (exact) mass is 1190 g/mol. The smallest absolute Gasteiger partial charge is 1.00 e. The molecule has 1 radical (unpaired) electrons. The van der Waals surface area contributed by atoms with E-state index in [-0.39, 0.29) is 44.3 Å². The first kappa shape index (κ1) is 72.1. The molecule has 0 aliphatic carbocycles. The topological polar surface area (TPSA) is 73.8 Å². The SMILES string of the molecule is COc1c(C)cccc1C.COc1c(C)cccc1C.COc1c(C)cccc1C.COc1c(C)cccc1C.COc1cc(P)c(-c2cc(P)c(OC)cc2OC)c(OC)c1.Cc1ccc(C(C)C)cc1.[Cl-].[Cl-].[Ru+3]. The number of rotatable bonds is 10. The van der Waals surface area contributed by atoms with Gasteiger partial charge in [0.2, 0.25) is 0 Å². The molecular weight excluding hydrogens is 1110 g/mol. The minimum atomic E-state index is 0. The van der Waals surface area contributed by atoms with Crippen molar-refractivity contribution in [3.05, 3.63) is 177 Å². The molecule has 75 heavy (non-hydrogen) atoms. The van der Waals surface area contributed by atoms with E-state index in [1.54, 1.807) is 56.9 Å². The van der Waals surface area contributed by atoms with E-state index in [1.165, 1.54) is 55.6 Å². The molecule has 2 unspecified atom stereocenters. The summed E-state index contributed by atoms with van der Waals surface area (Å²) in [5.74, 6) is 7.59. The summed E-state index contributed by atoms with van der Waals surface area (Å²) in [6.07, 6.45) is 0. The normalized spacial score (nSPS) is 9.47. The predicted molar refractivity (Wildman–Crippen MR) is 312 cm³/mol. The maximum Gasteiger partial charge on any atom is 3.00 e. The third kappa shape index (κ3) is 22.6. The van der Waals surface area contributed by atoms with E-state index in [0.717, 1.165) is 67.7 Å². The van der Waals surface area contributed by atoms with Crippen molar-refractivity contribution in [3.8, 4) is 57.1 Å². The second kappa shape index (κ2) is 37.7. The summed E-state index contributed by atoms with van der Waals surface area (Å²) < 4.78 is 42.4. The van der Waals surface area contributed by atoms with Crippen LogP contribution < -0.4 is 73.3 Å². The number of benzene rings is 7. The molecular formula is C62H82Cl2O8P2Ru+. The molecule has 0 fully saturated rings. The average Bonchev–Trinajstić information content (AvgIpc) is 3.35. The van der Waals surface area contributed by atoms with Crippen LogP contribution in [0.3, 0.4) is 0 Å². The van der Waals surface area contributed by atoms with E-state index in [0.29, 0.717) is 5.92 Å². The molecule has 0 heterocycles. The fraction of sp³-hybridized carbons (Fsp3) is 0.323. The van der Waals surface area contributed by atoms with Crippen LogP contribution in [0.5, 0.6) is 46.0 Å². The van der Waals surface area contributed by atoms with Crippen molar-refractivity contribution in [1.82, 2.24) is 0 Å². The van der Waals surface area contributed by atoms with Gasteiger partial charge in [-0.15, -0.1) is 18.5 Å². The second-order valence-corrected chi connectivity index (χ2v) is 18.6. The van der Waals surface area contributed by atoms with Crippen molar-refractivity contribution in [2.24, 2.45) is 0 Å². The molecule has 8 nitrogen and oxygen atoms in total. The van der Waals surface area contributed by atoms with E-state index in [2.05, 4.69) is 63.5 Å². The molecule has 7 aromatic rings. The summed E-state index contributed by atoms with van der Waals surface area (Å²) >= 11 is 0. The van der Waals surface area contributed by atoms with Crippen LogP contribution >= 0.6 is 18.5 Å². The zero-order valence-corrected chi connectivity index (χ0v) is 53.2. The number of hydrogen-bond acceptors (Lipinski definition) is 8. The number of hydrogen-bond donors (Lipinski definition) is 0. The largest absolute Gasteiger partial charge is 3.00 e. The molecule has 13 heteroatoms.